The third-order valence-electron chi connectivity index (χ3n) is 4.74. The van der Waals surface area contributed by atoms with Crippen molar-refractivity contribution >= 4 is 11.8 Å². The Kier molecular flexibility index (Phi) is 9.17. The molecule has 0 saturated carbocycles. The maximum Gasteiger partial charge on any atom is 0.240 e. The van der Waals surface area contributed by atoms with Crippen LogP contribution in [0, 0.1) is 5.92 Å². The van der Waals surface area contributed by atoms with Gasteiger partial charge >= 0.3 is 0 Å². The van der Waals surface area contributed by atoms with Gasteiger partial charge in [0.25, 0.3) is 0 Å². The van der Waals surface area contributed by atoms with Crippen molar-refractivity contribution in [2.45, 2.75) is 90.5 Å². The summed E-state index contributed by atoms with van der Waals surface area (Å²) < 4.78 is 0. The van der Waals surface area contributed by atoms with Gasteiger partial charge in [-0.25, -0.2) is 0 Å². The Morgan fingerprint density at radius 3 is 2.36 bits per heavy atom. The summed E-state index contributed by atoms with van der Waals surface area (Å²) in [5.41, 5.74) is 5.55. The number of carbonyl (C=O) groups is 2. The van der Waals surface area contributed by atoms with Crippen LogP contribution in [0.1, 0.15) is 84.5 Å². The summed E-state index contributed by atoms with van der Waals surface area (Å²) in [5, 5.41) is 0. The van der Waals surface area contributed by atoms with Crippen LogP contribution in [-0.2, 0) is 9.59 Å². The highest BCUT2D eigenvalue weighted by molar-refractivity contribution is 5.87. The van der Waals surface area contributed by atoms with Crippen molar-refractivity contribution in [1.29, 1.82) is 0 Å². The van der Waals surface area contributed by atoms with Crippen molar-refractivity contribution in [1.82, 2.24) is 4.90 Å². The first-order valence-corrected chi connectivity index (χ1v) is 9.18. The molecule has 2 unspecified atom stereocenters. The first-order valence-electron chi connectivity index (χ1n) is 9.18. The van der Waals surface area contributed by atoms with E-state index in [4.69, 9.17) is 5.73 Å². The lowest BCUT2D eigenvalue weighted by Crippen LogP contribution is -2.45. The Labute approximate surface area is 135 Å². The lowest BCUT2D eigenvalue weighted by Gasteiger charge is -2.25. The van der Waals surface area contributed by atoms with Gasteiger partial charge in [-0.1, -0.05) is 65.2 Å². The number of rotatable bonds is 12. The first-order chi connectivity index (χ1) is 10.6. The molecular formula is C18H34N2O2. The SMILES string of the molecule is CCCCCCC1CC(=O)N(C(CCCCCC)C(N)=O)C1. The van der Waals surface area contributed by atoms with Crippen LogP contribution in [-0.4, -0.2) is 29.3 Å². The lowest BCUT2D eigenvalue weighted by atomic mass is 10.00. The number of hydrogen-bond donors (Lipinski definition) is 1. The van der Waals surface area contributed by atoms with Gasteiger partial charge in [0.15, 0.2) is 0 Å². The van der Waals surface area contributed by atoms with Crippen LogP contribution < -0.4 is 5.73 Å². The molecule has 2 amide bonds. The van der Waals surface area contributed by atoms with E-state index in [1.807, 2.05) is 0 Å². The van der Waals surface area contributed by atoms with Gasteiger partial charge in [0.2, 0.25) is 11.8 Å². The summed E-state index contributed by atoms with van der Waals surface area (Å²) >= 11 is 0. The molecule has 1 rings (SSSR count). The number of primary amides is 1. The molecular weight excluding hydrogens is 276 g/mol. The highest BCUT2D eigenvalue weighted by Crippen LogP contribution is 2.26. The Bertz CT molecular complexity index is 344. The van der Waals surface area contributed by atoms with Crippen LogP contribution in [0.5, 0.6) is 0 Å². The summed E-state index contributed by atoms with van der Waals surface area (Å²) in [4.78, 5) is 25.7. The predicted molar refractivity (Wildman–Crippen MR) is 90.3 cm³/mol. The molecule has 1 aliphatic rings. The molecule has 1 aliphatic heterocycles. The second-order valence-corrected chi connectivity index (χ2v) is 6.73. The number of unbranched alkanes of at least 4 members (excludes halogenated alkanes) is 6. The van der Waals surface area contributed by atoms with Crippen LogP contribution in [0.3, 0.4) is 0 Å². The average Bonchev–Trinajstić information content (AvgIpc) is 2.84. The third-order valence-corrected chi connectivity index (χ3v) is 4.74. The van der Waals surface area contributed by atoms with E-state index in [1.54, 1.807) is 4.90 Å². The van der Waals surface area contributed by atoms with Crippen LogP contribution in [0.4, 0.5) is 0 Å². The van der Waals surface area contributed by atoms with Crippen molar-refractivity contribution < 1.29 is 9.59 Å². The van der Waals surface area contributed by atoms with E-state index in [0.29, 0.717) is 12.3 Å². The summed E-state index contributed by atoms with van der Waals surface area (Å²) in [6, 6.07) is -0.384. The molecule has 4 nitrogen and oxygen atoms in total. The number of nitrogens with two attached hydrogens (primary N) is 1. The first kappa shape index (κ1) is 19.0. The van der Waals surface area contributed by atoms with E-state index >= 15 is 0 Å². The zero-order valence-corrected chi connectivity index (χ0v) is 14.5. The fourth-order valence-corrected chi connectivity index (χ4v) is 3.38. The molecule has 0 spiro atoms. The number of hydrogen-bond acceptors (Lipinski definition) is 2. The topological polar surface area (TPSA) is 63.4 Å². The van der Waals surface area contributed by atoms with Gasteiger partial charge in [-0.15, -0.1) is 0 Å². The Morgan fingerprint density at radius 2 is 1.77 bits per heavy atom. The lowest BCUT2D eigenvalue weighted by molar-refractivity contribution is -0.136. The molecule has 0 aromatic carbocycles. The normalized spacial score (nSPS) is 19.6. The summed E-state index contributed by atoms with van der Waals surface area (Å²) in [7, 11) is 0. The van der Waals surface area contributed by atoms with Crippen LogP contribution in [0.2, 0.25) is 0 Å². The monoisotopic (exact) mass is 310 g/mol. The molecule has 1 fully saturated rings. The molecule has 0 bridgehead atoms. The maximum atomic E-state index is 12.2. The minimum Gasteiger partial charge on any atom is -0.368 e. The molecule has 2 N–H and O–H groups in total. The van der Waals surface area contributed by atoms with Gasteiger partial charge in [-0.05, 0) is 18.8 Å². The van der Waals surface area contributed by atoms with Gasteiger partial charge in [0.1, 0.15) is 6.04 Å². The van der Waals surface area contributed by atoms with E-state index in [9.17, 15) is 9.59 Å². The minimum atomic E-state index is -0.384. The summed E-state index contributed by atoms with van der Waals surface area (Å²) in [6.07, 6.45) is 11.8. The molecule has 0 radical (unpaired) electrons. The van der Waals surface area contributed by atoms with Crippen LogP contribution in [0.25, 0.3) is 0 Å². The smallest absolute Gasteiger partial charge is 0.240 e. The van der Waals surface area contributed by atoms with Gasteiger partial charge in [-0.3, -0.25) is 9.59 Å². The highest BCUT2D eigenvalue weighted by Gasteiger charge is 2.35. The van der Waals surface area contributed by atoms with Crippen LogP contribution in [0.15, 0.2) is 0 Å². The summed E-state index contributed by atoms with van der Waals surface area (Å²) in [5.74, 6) is 0.207. The fourth-order valence-electron chi connectivity index (χ4n) is 3.38. The molecule has 4 heteroatoms. The number of nitrogens with zero attached hydrogens (tertiary/aromatic N) is 1. The molecule has 128 valence electrons. The predicted octanol–water partition coefficient (Wildman–Crippen LogP) is 3.63. The molecule has 1 heterocycles. The van der Waals surface area contributed by atoms with E-state index < -0.39 is 0 Å². The number of carbonyl (C=O) groups excluding carboxylic acids is 2. The van der Waals surface area contributed by atoms with Crippen molar-refractivity contribution in [2.75, 3.05) is 6.54 Å². The number of likely N-dealkylation sites (tertiary alicyclic amines) is 1. The average molecular weight is 310 g/mol. The Hall–Kier alpha value is -1.06. The standard InChI is InChI=1S/C18H34N2O2/c1-3-5-7-9-11-15-13-17(21)20(14-15)16(18(19)22)12-10-8-6-4-2/h15-16H,3-14H2,1-2H3,(H2,19,22). The highest BCUT2D eigenvalue weighted by atomic mass is 16.2. The zero-order valence-electron chi connectivity index (χ0n) is 14.5. The van der Waals surface area contributed by atoms with Crippen molar-refractivity contribution in [3.63, 3.8) is 0 Å². The number of amides is 2. The van der Waals surface area contributed by atoms with E-state index in [-0.39, 0.29) is 17.9 Å². The molecule has 0 aromatic heterocycles. The second kappa shape index (κ2) is 10.6. The minimum absolute atomic E-state index is 0.125. The van der Waals surface area contributed by atoms with Gasteiger partial charge < -0.3 is 10.6 Å². The Morgan fingerprint density at radius 1 is 1.14 bits per heavy atom. The summed E-state index contributed by atoms with van der Waals surface area (Å²) in [6.45, 7) is 5.10. The van der Waals surface area contributed by atoms with Crippen molar-refractivity contribution in [3.8, 4) is 0 Å². The van der Waals surface area contributed by atoms with Gasteiger partial charge in [0.05, 0.1) is 0 Å². The van der Waals surface area contributed by atoms with Crippen molar-refractivity contribution in [3.05, 3.63) is 0 Å². The zero-order chi connectivity index (χ0) is 16.4. The largest absolute Gasteiger partial charge is 0.368 e. The molecule has 0 aliphatic carbocycles. The maximum absolute atomic E-state index is 12.2. The van der Waals surface area contributed by atoms with Crippen LogP contribution >= 0.6 is 0 Å². The Balaban J connectivity index is 2.42. The van der Waals surface area contributed by atoms with E-state index in [2.05, 4.69) is 13.8 Å². The van der Waals surface area contributed by atoms with Gasteiger partial charge in [-0.2, -0.15) is 0 Å². The van der Waals surface area contributed by atoms with Gasteiger partial charge in [0, 0.05) is 13.0 Å². The van der Waals surface area contributed by atoms with E-state index in [0.717, 1.165) is 32.2 Å². The molecule has 22 heavy (non-hydrogen) atoms. The molecule has 0 aromatic rings. The second-order valence-electron chi connectivity index (χ2n) is 6.73. The quantitative estimate of drug-likeness (QED) is 0.559. The molecule has 1 saturated heterocycles. The van der Waals surface area contributed by atoms with Crippen molar-refractivity contribution in [2.24, 2.45) is 11.7 Å². The fraction of sp³-hybridized carbons (Fsp3) is 0.889. The third kappa shape index (κ3) is 6.37. The van der Waals surface area contributed by atoms with E-state index in [1.165, 1.54) is 38.5 Å². The molecule has 2 atom stereocenters.